The Labute approximate surface area is 179 Å². The highest BCUT2D eigenvalue weighted by Gasteiger charge is 2.15. The van der Waals surface area contributed by atoms with Crippen molar-refractivity contribution in [1.82, 2.24) is 9.55 Å². The van der Waals surface area contributed by atoms with Gasteiger partial charge in [-0.2, -0.15) is 0 Å². The molecule has 162 valence electrons. The third kappa shape index (κ3) is 6.06. The first-order valence-corrected chi connectivity index (χ1v) is 9.52. The Hall–Kier alpha value is -3.85. The number of hydrogen-bond donors (Lipinski definition) is 2. The van der Waals surface area contributed by atoms with E-state index in [1.807, 2.05) is 10.8 Å². The quantitative estimate of drug-likeness (QED) is 0.374. The van der Waals surface area contributed by atoms with E-state index in [9.17, 15) is 9.59 Å². The predicted octanol–water partition coefficient (Wildman–Crippen LogP) is 2.14. The SMILES string of the molecule is COc1cc(C(=O)Oc2ccc(C[C@H](N)C(=O)O)cc2)ccc1OCCn1ccnc1. The lowest BCUT2D eigenvalue weighted by Gasteiger charge is -2.12. The van der Waals surface area contributed by atoms with Crippen molar-refractivity contribution in [2.24, 2.45) is 5.73 Å². The van der Waals surface area contributed by atoms with Gasteiger partial charge >= 0.3 is 11.9 Å². The summed E-state index contributed by atoms with van der Waals surface area (Å²) in [5.74, 6) is -0.370. The fraction of sp³-hybridized carbons (Fsp3) is 0.227. The molecule has 9 nitrogen and oxygen atoms in total. The third-order valence-corrected chi connectivity index (χ3v) is 4.47. The van der Waals surface area contributed by atoms with Gasteiger partial charge in [-0.1, -0.05) is 12.1 Å². The molecule has 1 atom stereocenters. The van der Waals surface area contributed by atoms with Crippen LogP contribution in [0.2, 0.25) is 0 Å². The molecule has 3 aromatic rings. The van der Waals surface area contributed by atoms with Gasteiger partial charge in [0.15, 0.2) is 11.5 Å². The summed E-state index contributed by atoms with van der Waals surface area (Å²) in [6, 6.07) is 10.3. The highest BCUT2D eigenvalue weighted by molar-refractivity contribution is 5.91. The van der Waals surface area contributed by atoms with Crippen LogP contribution in [-0.4, -0.2) is 46.4 Å². The number of esters is 1. The number of imidazole rings is 1. The number of carbonyl (C=O) groups excluding carboxylic acids is 1. The van der Waals surface area contributed by atoms with Crippen molar-refractivity contribution in [3.05, 3.63) is 72.3 Å². The Bertz CT molecular complexity index is 1020. The second-order valence-corrected chi connectivity index (χ2v) is 6.70. The first-order valence-electron chi connectivity index (χ1n) is 9.52. The maximum atomic E-state index is 12.5. The summed E-state index contributed by atoms with van der Waals surface area (Å²) in [7, 11) is 1.49. The Kier molecular flexibility index (Phi) is 7.23. The molecule has 2 aromatic carbocycles. The van der Waals surface area contributed by atoms with Crippen molar-refractivity contribution in [1.29, 1.82) is 0 Å². The van der Waals surface area contributed by atoms with Gasteiger partial charge in [-0.3, -0.25) is 4.79 Å². The van der Waals surface area contributed by atoms with E-state index in [-0.39, 0.29) is 6.42 Å². The molecule has 0 saturated heterocycles. The molecule has 0 unspecified atom stereocenters. The van der Waals surface area contributed by atoms with Crippen molar-refractivity contribution in [3.8, 4) is 17.2 Å². The first kappa shape index (κ1) is 21.8. The standard InChI is InChI=1S/C22H23N3O6/c1-29-20-13-16(4-7-19(20)30-11-10-25-9-8-24-14-25)22(28)31-17-5-2-15(3-6-17)12-18(23)21(26)27/h2-9,13-14,18H,10-12,23H2,1H3,(H,26,27)/t18-/m0/s1. The van der Waals surface area contributed by atoms with Crippen molar-refractivity contribution in [3.63, 3.8) is 0 Å². The van der Waals surface area contributed by atoms with E-state index in [1.54, 1.807) is 55.0 Å². The van der Waals surface area contributed by atoms with Gasteiger partial charge in [0.05, 0.1) is 25.5 Å². The van der Waals surface area contributed by atoms with Crippen LogP contribution in [0.25, 0.3) is 0 Å². The smallest absolute Gasteiger partial charge is 0.343 e. The van der Waals surface area contributed by atoms with Crippen LogP contribution < -0.4 is 19.9 Å². The summed E-state index contributed by atoms with van der Waals surface area (Å²) >= 11 is 0. The van der Waals surface area contributed by atoms with Gasteiger partial charge < -0.3 is 29.6 Å². The topological polar surface area (TPSA) is 126 Å². The van der Waals surface area contributed by atoms with Gasteiger partial charge in [0.1, 0.15) is 18.4 Å². The lowest BCUT2D eigenvalue weighted by molar-refractivity contribution is -0.138. The number of benzene rings is 2. The van der Waals surface area contributed by atoms with Gasteiger partial charge in [0.2, 0.25) is 0 Å². The number of aromatic nitrogens is 2. The Morgan fingerprint density at radius 2 is 1.94 bits per heavy atom. The minimum absolute atomic E-state index is 0.184. The van der Waals surface area contributed by atoms with E-state index < -0.39 is 18.0 Å². The van der Waals surface area contributed by atoms with Gasteiger partial charge in [0.25, 0.3) is 0 Å². The van der Waals surface area contributed by atoms with Crippen LogP contribution in [0.3, 0.4) is 0 Å². The molecule has 9 heteroatoms. The summed E-state index contributed by atoms with van der Waals surface area (Å²) in [5, 5.41) is 8.88. The zero-order chi connectivity index (χ0) is 22.2. The summed E-state index contributed by atoms with van der Waals surface area (Å²) in [6.45, 7) is 1.04. The number of carbonyl (C=O) groups is 2. The van der Waals surface area contributed by atoms with Crippen LogP contribution in [0.5, 0.6) is 17.2 Å². The average molecular weight is 425 g/mol. The van der Waals surface area contributed by atoms with Crippen molar-refractivity contribution < 1.29 is 28.9 Å². The Morgan fingerprint density at radius 1 is 1.16 bits per heavy atom. The summed E-state index contributed by atoms with van der Waals surface area (Å²) in [4.78, 5) is 27.3. The van der Waals surface area contributed by atoms with E-state index in [0.717, 1.165) is 5.56 Å². The predicted molar refractivity (Wildman–Crippen MR) is 111 cm³/mol. The molecular weight excluding hydrogens is 402 g/mol. The highest BCUT2D eigenvalue weighted by atomic mass is 16.5. The summed E-state index contributed by atoms with van der Waals surface area (Å²) in [5.41, 5.74) is 6.56. The molecule has 0 spiro atoms. The monoisotopic (exact) mass is 425 g/mol. The lowest BCUT2D eigenvalue weighted by Crippen LogP contribution is -2.32. The number of aliphatic carboxylic acids is 1. The van der Waals surface area contributed by atoms with E-state index in [2.05, 4.69) is 4.98 Å². The Balaban J connectivity index is 1.60. The fourth-order valence-corrected chi connectivity index (χ4v) is 2.79. The van der Waals surface area contributed by atoms with E-state index in [4.69, 9.17) is 25.1 Å². The van der Waals surface area contributed by atoms with Crippen LogP contribution in [-0.2, 0) is 17.8 Å². The minimum Gasteiger partial charge on any atom is -0.493 e. The number of nitrogens with two attached hydrogens (primary N) is 1. The number of carboxylic acid groups (broad SMARTS) is 1. The molecule has 0 aliphatic carbocycles. The molecule has 3 N–H and O–H groups in total. The van der Waals surface area contributed by atoms with E-state index >= 15 is 0 Å². The number of rotatable bonds is 10. The van der Waals surface area contributed by atoms with E-state index in [0.29, 0.717) is 36.0 Å². The minimum atomic E-state index is -1.07. The first-order chi connectivity index (χ1) is 15.0. The molecule has 31 heavy (non-hydrogen) atoms. The maximum Gasteiger partial charge on any atom is 0.343 e. The number of ether oxygens (including phenoxy) is 3. The van der Waals surface area contributed by atoms with Crippen molar-refractivity contribution in [2.45, 2.75) is 19.0 Å². The maximum absolute atomic E-state index is 12.5. The molecule has 0 aliphatic rings. The van der Waals surface area contributed by atoms with Crippen LogP contribution in [0.4, 0.5) is 0 Å². The van der Waals surface area contributed by atoms with Crippen LogP contribution in [0, 0.1) is 0 Å². The summed E-state index contributed by atoms with van der Waals surface area (Å²) in [6.07, 6.45) is 5.42. The normalized spacial score (nSPS) is 11.5. The average Bonchev–Trinajstić information content (AvgIpc) is 3.28. The molecule has 3 rings (SSSR count). The molecule has 1 heterocycles. The molecule has 0 aliphatic heterocycles. The second-order valence-electron chi connectivity index (χ2n) is 6.70. The second kappa shape index (κ2) is 10.3. The van der Waals surface area contributed by atoms with Gasteiger partial charge in [0, 0.05) is 12.4 Å². The van der Waals surface area contributed by atoms with Crippen molar-refractivity contribution >= 4 is 11.9 Å². The number of hydrogen-bond acceptors (Lipinski definition) is 7. The molecule has 0 bridgehead atoms. The zero-order valence-electron chi connectivity index (χ0n) is 16.9. The van der Waals surface area contributed by atoms with Crippen LogP contribution in [0.15, 0.2) is 61.2 Å². The summed E-state index contributed by atoms with van der Waals surface area (Å²) < 4.78 is 18.3. The molecule has 0 fully saturated rings. The van der Waals surface area contributed by atoms with Gasteiger partial charge in [-0.05, 0) is 42.3 Å². The molecular formula is C22H23N3O6. The molecule has 0 radical (unpaired) electrons. The molecule has 1 aromatic heterocycles. The van der Waals surface area contributed by atoms with Crippen molar-refractivity contribution in [2.75, 3.05) is 13.7 Å². The largest absolute Gasteiger partial charge is 0.493 e. The van der Waals surface area contributed by atoms with E-state index in [1.165, 1.54) is 7.11 Å². The number of nitrogens with zero attached hydrogens (tertiary/aromatic N) is 2. The van der Waals surface area contributed by atoms with Gasteiger partial charge in [-0.25, -0.2) is 9.78 Å². The molecule has 0 saturated carbocycles. The van der Waals surface area contributed by atoms with Crippen LogP contribution >= 0.6 is 0 Å². The fourth-order valence-electron chi connectivity index (χ4n) is 2.79. The van der Waals surface area contributed by atoms with Crippen LogP contribution in [0.1, 0.15) is 15.9 Å². The Morgan fingerprint density at radius 3 is 2.58 bits per heavy atom. The molecule has 0 amide bonds. The highest BCUT2D eigenvalue weighted by Crippen LogP contribution is 2.28. The number of carboxylic acids is 1. The van der Waals surface area contributed by atoms with Gasteiger partial charge in [-0.15, -0.1) is 0 Å². The third-order valence-electron chi connectivity index (χ3n) is 4.47. The zero-order valence-corrected chi connectivity index (χ0v) is 16.9. The number of methoxy groups -OCH3 is 1. The lowest BCUT2D eigenvalue weighted by atomic mass is 10.1.